The quantitative estimate of drug-likeness (QED) is 0.857. The van der Waals surface area contributed by atoms with Crippen molar-refractivity contribution in [1.29, 1.82) is 5.26 Å². The molecule has 1 aliphatic heterocycles. The van der Waals surface area contributed by atoms with E-state index < -0.39 is 0 Å². The summed E-state index contributed by atoms with van der Waals surface area (Å²) < 4.78 is 12.9. The minimum absolute atomic E-state index is 0.0737. The molecule has 23 heavy (non-hydrogen) atoms. The van der Waals surface area contributed by atoms with Gasteiger partial charge in [-0.1, -0.05) is 6.07 Å². The van der Waals surface area contributed by atoms with Crippen molar-refractivity contribution in [3.63, 3.8) is 0 Å². The summed E-state index contributed by atoms with van der Waals surface area (Å²) >= 11 is 0. The number of benzene rings is 2. The first-order valence-corrected chi connectivity index (χ1v) is 7.47. The first-order chi connectivity index (χ1) is 11.2. The van der Waals surface area contributed by atoms with Gasteiger partial charge < -0.3 is 9.80 Å². The van der Waals surface area contributed by atoms with Crippen molar-refractivity contribution in [2.24, 2.45) is 0 Å². The largest absolute Gasteiger partial charge is 0.368 e. The normalized spacial score (nSPS) is 14.4. The summed E-state index contributed by atoms with van der Waals surface area (Å²) in [5, 5.41) is 8.97. The first-order valence-electron chi connectivity index (χ1n) is 7.47. The average molecular weight is 309 g/mol. The molecule has 0 bridgehead atoms. The van der Waals surface area contributed by atoms with Crippen molar-refractivity contribution in [3.8, 4) is 6.07 Å². The molecule has 0 spiro atoms. The van der Waals surface area contributed by atoms with Crippen LogP contribution < -0.4 is 4.90 Å². The standard InChI is InChI=1S/C18H16FN3O/c19-16-6-4-15(5-7-16)18(23)22-10-8-21(9-11-22)17-3-1-2-14(12-17)13-20/h1-7,12H,8-11H2. The predicted molar refractivity (Wildman–Crippen MR) is 85.7 cm³/mol. The third-order valence-electron chi connectivity index (χ3n) is 4.00. The smallest absolute Gasteiger partial charge is 0.253 e. The number of carbonyl (C=O) groups excluding carboxylic acids is 1. The molecule has 0 radical (unpaired) electrons. The van der Waals surface area contributed by atoms with Crippen LogP contribution in [0.25, 0.3) is 0 Å². The maximum Gasteiger partial charge on any atom is 0.253 e. The van der Waals surface area contributed by atoms with Crippen LogP contribution in [0.3, 0.4) is 0 Å². The van der Waals surface area contributed by atoms with Crippen LogP contribution in [-0.4, -0.2) is 37.0 Å². The second-order valence-corrected chi connectivity index (χ2v) is 5.45. The SMILES string of the molecule is N#Cc1cccc(N2CCN(C(=O)c3ccc(F)cc3)CC2)c1. The van der Waals surface area contributed by atoms with E-state index in [-0.39, 0.29) is 11.7 Å². The maximum absolute atomic E-state index is 12.9. The molecule has 116 valence electrons. The number of nitriles is 1. The molecule has 1 aliphatic rings. The summed E-state index contributed by atoms with van der Waals surface area (Å²) in [5.74, 6) is -0.417. The lowest BCUT2D eigenvalue weighted by atomic mass is 10.1. The van der Waals surface area contributed by atoms with Gasteiger partial charge in [0.15, 0.2) is 0 Å². The number of nitrogens with zero attached hydrogens (tertiary/aromatic N) is 3. The zero-order valence-electron chi connectivity index (χ0n) is 12.6. The Bertz CT molecular complexity index is 744. The van der Waals surface area contributed by atoms with Crippen molar-refractivity contribution in [1.82, 2.24) is 4.90 Å². The van der Waals surface area contributed by atoms with E-state index in [0.29, 0.717) is 37.3 Å². The van der Waals surface area contributed by atoms with Crippen LogP contribution in [0.1, 0.15) is 15.9 Å². The molecule has 5 heteroatoms. The molecule has 2 aromatic carbocycles. The number of anilines is 1. The Morgan fingerprint density at radius 1 is 1.04 bits per heavy atom. The van der Waals surface area contributed by atoms with Crippen LogP contribution in [-0.2, 0) is 0 Å². The molecular weight excluding hydrogens is 293 g/mol. The van der Waals surface area contributed by atoms with Gasteiger partial charge in [-0.15, -0.1) is 0 Å². The van der Waals surface area contributed by atoms with E-state index in [1.807, 2.05) is 18.2 Å². The van der Waals surface area contributed by atoms with Gasteiger partial charge in [-0.2, -0.15) is 5.26 Å². The highest BCUT2D eigenvalue weighted by atomic mass is 19.1. The predicted octanol–water partition coefficient (Wildman–Crippen LogP) is 2.66. The molecule has 0 aromatic heterocycles. The first kappa shape index (κ1) is 15.0. The number of hydrogen-bond donors (Lipinski definition) is 0. The second kappa shape index (κ2) is 6.49. The van der Waals surface area contributed by atoms with Crippen molar-refractivity contribution < 1.29 is 9.18 Å². The van der Waals surface area contributed by atoms with Gasteiger partial charge >= 0.3 is 0 Å². The van der Waals surface area contributed by atoms with Gasteiger partial charge in [-0.3, -0.25) is 4.79 Å². The number of halogens is 1. The molecule has 4 nitrogen and oxygen atoms in total. The Hall–Kier alpha value is -2.87. The van der Waals surface area contributed by atoms with Crippen molar-refractivity contribution in [2.75, 3.05) is 31.1 Å². The van der Waals surface area contributed by atoms with Crippen molar-refractivity contribution >= 4 is 11.6 Å². The Kier molecular flexibility index (Phi) is 4.24. The molecule has 0 N–H and O–H groups in total. The molecular formula is C18H16FN3O. The fourth-order valence-electron chi connectivity index (χ4n) is 2.71. The van der Waals surface area contributed by atoms with Crippen LogP contribution in [0.2, 0.25) is 0 Å². The molecule has 1 heterocycles. The molecule has 0 unspecified atom stereocenters. The van der Waals surface area contributed by atoms with Crippen molar-refractivity contribution in [3.05, 3.63) is 65.5 Å². The van der Waals surface area contributed by atoms with E-state index in [1.54, 1.807) is 11.0 Å². The van der Waals surface area contributed by atoms with E-state index in [9.17, 15) is 9.18 Å². The van der Waals surface area contributed by atoms with E-state index in [0.717, 1.165) is 5.69 Å². The van der Waals surface area contributed by atoms with Gasteiger partial charge in [0.05, 0.1) is 11.6 Å². The highest BCUT2D eigenvalue weighted by Crippen LogP contribution is 2.18. The lowest BCUT2D eigenvalue weighted by Gasteiger charge is -2.36. The highest BCUT2D eigenvalue weighted by Gasteiger charge is 2.22. The third kappa shape index (κ3) is 3.32. The number of rotatable bonds is 2. The lowest BCUT2D eigenvalue weighted by molar-refractivity contribution is 0.0746. The average Bonchev–Trinajstić information content (AvgIpc) is 2.62. The van der Waals surface area contributed by atoms with Gasteiger partial charge in [0, 0.05) is 37.4 Å². The van der Waals surface area contributed by atoms with Gasteiger partial charge in [-0.25, -0.2) is 4.39 Å². The number of amides is 1. The summed E-state index contributed by atoms with van der Waals surface area (Å²) in [7, 11) is 0. The van der Waals surface area contributed by atoms with Gasteiger partial charge in [0.2, 0.25) is 0 Å². The summed E-state index contributed by atoms with van der Waals surface area (Å²) in [5.41, 5.74) is 2.14. The van der Waals surface area contributed by atoms with Crippen LogP contribution in [0.15, 0.2) is 48.5 Å². The Labute approximate surface area is 134 Å². The van der Waals surface area contributed by atoms with Crippen LogP contribution in [0, 0.1) is 17.1 Å². The molecule has 3 rings (SSSR count). The fourth-order valence-corrected chi connectivity index (χ4v) is 2.71. The molecule has 0 saturated carbocycles. The Morgan fingerprint density at radius 2 is 1.74 bits per heavy atom. The topological polar surface area (TPSA) is 47.3 Å². The Morgan fingerprint density at radius 3 is 2.39 bits per heavy atom. The van der Waals surface area contributed by atoms with E-state index in [2.05, 4.69) is 11.0 Å². The number of carbonyl (C=O) groups is 1. The van der Waals surface area contributed by atoms with Gasteiger partial charge in [0.1, 0.15) is 5.82 Å². The highest BCUT2D eigenvalue weighted by molar-refractivity contribution is 5.94. The molecule has 1 amide bonds. The fraction of sp³-hybridized carbons (Fsp3) is 0.222. The minimum atomic E-state index is -0.344. The lowest BCUT2D eigenvalue weighted by Crippen LogP contribution is -2.48. The second-order valence-electron chi connectivity index (χ2n) is 5.45. The summed E-state index contributed by atoms with van der Waals surface area (Å²) in [6.07, 6.45) is 0. The van der Waals surface area contributed by atoms with E-state index in [1.165, 1.54) is 24.3 Å². The minimum Gasteiger partial charge on any atom is -0.368 e. The summed E-state index contributed by atoms with van der Waals surface area (Å²) in [6, 6.07) is 15.2. The zero-order valence-corrected chi connectivity index (χ0v) is 12.6. The molecule has 2 aromatic rings. The Balaban J connectivity index is 1.65. The molecule has 0 aliphatic carbocycles. The summed E-state index contributed by atoms with van der Waals surface area (Å²) in [6.45, 7) is 2.63. The molecule has 1 fully saturated rings. The number of hydrogen-bond acceptors (Lipinski definition) is 3. The van der Waals surface area contributed by atoms with Crippen LogP contribution in [0.4, 0.5) is 10.1 Å². The molecule has 1 saturated heterocycles. The van der Waals surface area contributed by atoms with E-state index in [4.69, 9.17) is 5.26 Å². The third-order valence-corrected chi connectivity index (χ3v) is 4.00. The van der Waals surface area contributed by atoms with Gasteiger partial charge in [-0.05, 0) is 42.5 Å². The van der Waals surface area contributed by atoms with Crippen LogP contribution >= 0.6 is 0 Å². The van der Waals surface area contributed by atoms with E-state index >= 15 is 0 Å². The number of piperazine rings is 1. The molecule has 0 atom stereocenters. The van der Waals surface area contributed by atoms with Crippen molar-refractivity contribution in [2.45, 2.75) is 0 Å². The monoisotopic (exact) mass is 309 g/mol. The maximum atomic E-state index is 12.9. The van der Waals surface area contributed by atoms with Gasteiger partial charge in [0.25, 0.3) is 5.91 Å². The van der Waals surface area contributed by atoms with Crippen LogP contribution in [0.5, 0.6) is 0 Å². The zero-order chi connectivity index (χ0) is 16.2. The summed E-state index contributed by atoms with van der Waals surface area (Å²) in [4.78, 5) is 16.3.